The minimum atomic E-state index is -0.854. The van der Waals surface area contributed by atoms with Gasteiger partial charge in [-0.25, -0.2) is 0 Å². The number of aryl methyl sites for hydroxylation is 1. The summed E-state index contributed by atoms with van der Waals surface area (Å²) in [6.45, 7) is 8.20. The number of hydrogen-bond acceptors (Lipinski definition) is 2. The van der Waals surface area contributed by atoms with Crippen molar-refractivity contribution in [3.63, 3.8) is 0 Å². The van der Waals surface area contributed by atoms with Crippen molar-refractivity contribution in [3.8, 4) is 5.75 Å². The molecule has 0 aliphatic carbocycles. The van der Waals surface area contributed by atoms with E-state index >= 15 is 0 Å². The number of benzene rings is 1. The maximum Gasteiger partial charge on any atom is 0.307 e. The Balaban J connectivity index is 3.34. The molecule has 0 fully saturated rings. The van der Waals surface area contributed by atoms with Crippen LogP contribution < -0.4 is 4.74 Å². The van der Waals surface area contributed by atoms with Gasteiger partial charge in [-0.3, -0.25) is 4.79 Å². The monoisotopic (exact) mass is 282 g/mol. The van der Waals surface area contributed by atoms with Gasteiger partial charge in [0.15, 0.2) is 0 Å². The van der Waals surface area contributed by atoms with Gasteiger partial charge < -0.3 is 9.84 Å². The van der Waals surface area contributed by atoms with E-state index in [-0.39, 0.29) is 6.42 Å². The number of halogens is 1. The fraction of sp³-hybridized carbons (Fsp3) is 0.400. The van der Waals surface area contributed by atoms with E-state index in [1.54, 1.807) is 6.08 Å². The van der Waals surface area contributed by atoms with Crippen LogP contribution in [-0.2, 0) is 4.79 Å². The van der Waals surface area contributed by atoms with Gasteiger partial charge in [-0.1, -0.05) is 17.7 Å². The molecule has 0 aliphatic rings. The van der Waals surface area contributed by atoms with Gasteiger partial charge in [0.2, 0.25) is 0 Å². The van der Waals surface area contributed by atoms with Crippen LogP contribution in [0.15, 0.2) is 12.1 Å². The molecule has 3 nitrogen and oxygen atoms in total. The van der Waals surface area contributed by atoms with Crippen LogP contribution in [-0.4, -0.2) is 17.7 Å². The van der Waals surface area contributed by atoms with Crippen LogP contribution >= 0.6 is 11.6 Å². The predicted molar refractivity (Wildman–Crippen MR) is 78.0 cm³/mol. The predicted octanol–water partition coefficient (Wildman–Crippen LogP) is 4.23. The van der Waals surface area contributed by atoms with E-state index in [9.17, 15) is 4.79 Å². The van der Waals surface area contributed by atoms with Crippen LogP contribution in [0.2, 0.25) is 5.02 Å². The third-order valence-electron chi connectivity index (χ3n) is 2.92. The molecule has 104 valence electrons. The van der Waals surface area contributed by atoms with Crippen LogP contribution in [0, 0.1) is 13.8 Å². The summed E-state index contributed by atoms with van der Waals surface area (Å²) >= 11 is 6.26. The maximum absolute atomic E-state index is 10.6. The van der Waals surface area contributed by atoms with Gasteiger partial charge in [-0.2, -0.15) is 0 Å². The zero-order valence-electron chi connectivity index (χ0n) is 11.7. The first kappa shape index (κ1) is 15.6. The van der Waals surface area contributed by atoms with Crippen molar-refractivity contribution in [2.75, 3.05) is 6.61 Å². The van der Waals surface area contributed by atoms with Gasteiger partial charge in [0.1, 0.15) is 5.75 Å². The second-order valence-corrected chi connectivity index (χ2v) is 4.80. The molecule has 0 heterocycles. The molecule has 0 aliphatic heterocycles. The fourth-order valence-electron chi connectivity index (χ4n) is 2.02. The summed E-state index contributed by atoms with van der Waals surface area (Å²) in [5.41, 5.74) is 3.63. The van der Waals surface area contributed by atoms with Crippen molar-refractivity contribution in [1.29, 1.82) is 0 Å². The molecule has 0 spiro atoms. The standard InChI is InChI=1S/C15H19ClO3/c1-5-19-12-8-10(3)15(16)11(4)14(12)9(2)6-7-13(17)18/h6,8H,5,7H2,1-4H3,(H,17,18)/b9-6+. The second kappa shape index (κ2) is 6.62. The number of carboxylic acid groups (broad SMARTS) is 1. The van der Waals surface area contributed by atoms with Crippen LogP contribution in [0.5, 0.6) is 5.75 Å². The number of carbonyl (C=O) groups is 1. The smallest absolute Gasteiger partial charge is 0.307 e. The topological polar surface area (TPSA) is 46.5 Å². The lowest BCUT2D eigenvalue weighted by molar-refractivity contribution is -0.135. The molecule has 0 bridgehead atoms. The summed E-state index contributed by atoms with van der Waals surface area (Å²) in [5.74, 6) is -0.103. The van der Waals surface area contributed by atoms with Gasteiger partial charge >= 0.3 is 5.97 Å². The quantitative estimate of drug-likeness (QED) is 0.879. The van der Waals surface area contributed by atoms with Gasteiger partial charge in [0.05, 0.1) is 13.0 Å². The molecule has 1 aromatic carbocycles. The van der Waals surface area contributed by atoms with Gasteiger partial charge in [-0.05, 0) is 50.5 Å². The lowest BCUT2D eigenvalue weighted by Gasteiger charge is -2.16. The molecule has 0 atom stereocenters. The third kappa shape index (κ3) is 3.74. The van der Waals surface area contributed by atoms with E-state index < -0.39 is 5.97 Å². The van der Waals surface area contributed by atoms with E-state index in [0.717, 1.165) is 28.0 Å². The summed E-state index contributed by atoms with van der Waals surface area (Å²) in [7, 11) is 0. The van der Waals surface area contributed by atoms with Gasteiger partial charge in [-0.15, -0.1) is 0 Å². The number of rotatable bonds is 5. The molecule has 1 N–H and O–H groups in total. The lowest BCUT2D eigenvalue weighted by atomic mass is 9.97. The van der Waals surface area contributed by atoms with Gasteiger partial charge in [0, 0.05) is 10.6 Å². The van der Waals surface area contributed by atoms with Crippen LogP contribution in [0.1, 0.15) is 37.0 Å². The summed E-state index contributed by atoms with van der Waals surface area (Å²) in [6.07, 6.45) is 1.67. The molecule has 1 rings (SSSR count). The first-order valence-corrected chi connectivity index (χ1v) is 6.57. The molecule has 0 unspecified atom stereocenters. The number of aliphatic carboxylic acids is 1. The highest BCUT2D eigenvalue weighted by molar-refractivity contribution is 6.32. The van der Waals surface area contributed by atoms with E-state index in [1.807, 2.05) is 33.8 Å². The second-order valence-electron chi connectivity index (χ2n) is 4.42. The largest absolute Gasteiger partial charge is 0.493 e. The fourth-order valence-corrected chi connectivity index (χ4v) is 2.17. The first-order valence-electron chi connectivity index (χ1n) is 6.19. The summed E-state index contributed by atoms with van der Waals surface area (Å²) in [5, 5.41) is 9.44. The first-order chi connectivity index (χ1) is 8.88. The van der Waals surface area contributed by atoms with E-state index in [2.05, 4.69) is 0 Å². The maximum atomic E-state index is 10.6. The number of hydrogen-bond donors (Lipinski definition) is 1. The highest BCUT2D eigenvalue weighted by Gasteiger charge is 2.14. The van der Waals surface area contributed by atoms with Crippen molar-refractivity contribution in [3.05, 3.63) is 33.9 Å². The van der Waals surface area contributed by atoms with Crippen LogP contribution in [0.4, 0.5) is 0 Å². The molecule has 0 radical (unpaired) electrons. The normalized spacial score (nSPS) is 11.5. The van der Waals surface area contributed by atoms with E-state index in [0.29, 0.717) is 11.6 Å². The van der Waals surface area contributed by atoms with Crippen LogP contribution in [0.25, 0.3) is 5.57 Å². The van der Waals surface area contributed by atoms with Crippen molar-refractivity contribution >= 4 is 23.1 Å². The summed E-state index contributed by atoms with van der Waals surface area (Å²) < 4.78 is 5.63. The Hall–Kier alpha value is -1.48. The Kier molecular flexibility index (Phi) is 5.43. The summed E-state index contributed by atoms with van der Waals surface area (Å²) in [4.78, 5) is 10.6. The Morgan fingerprint density at radius 2 is 2.11 bits per heavy atom. The Bertz CT molecular complexity index is 519. The Labute approximate surface area is 118 Å². The SMILES string of the molecule is CCOc1cc(C)c(Cl)c(C)c1/C(C)=C/CC(=O)O. The molecule has 0 saturated heterocycles. The zero-order chi connectivity index (χ0) is 14.6. The molecule has 4 heteroatoms. The number of ether oxygens (including phenoxy) is 1. The molecule has 19 heavy (non-hydrogen) atoms. The Morgan fingerprint density at radius 3 is 2.63 bits per heavy atom. The van der Waals surface area contributed by atoms with Crippen molar-refractivity contribution in [1.82, 2.24) is 0 Å². The molecule has 1 aromatic rings. The lowest BCUT2D eigenvalue weighted by Crippen LogP contribution is -2.00. The average molecular weight is 283 g/mol. The van der Waals surface area contributed by atoms with Crippen molar-refractivity contribution in [2.45, 2.75) is 34.1 Å². The number of carboxylic acids is 1. The van der Waals surface area contributed by atoms with Gasteiger partial charge in [0.25, 0.3) is 0 Å². The molecule has 0 saturated carbocycles. The highest BCUT2D eigenvalue weighted by atomic mass is 35.5. The average Bonchev–Trinajstić information content (AvgIpc) is 2.34. The Morgan fingerprint density at radius 1 is 1.47 bits per heavy atom. The van der Waals surface area contributed by atoms with Crippen LogP contribution in [0.3, 0.4) is 0 Å². The zero-order valence-corrected chi connectivity index (χ0v) is 12.5. The van der Waals surface area contributed by atoms with E-state index in [1.165, 1.54) is 0 Å². The van der Waals surface area contributed by atoms with E-state index in [4.69, 9.17) is 21.4 Å². The molecule has 0 aromatic heterocycles. The minimum absolute atomic E-state index is 0.0116. The molecule has 0 amide bonds. The summed E-state index contributed by atoms with van der Waals surface area (Å²) in [6, 6.07) is 1.90. The number of allylic oxidation sites excluding steroid dienone is 1. The molecular formula is C15H19ClO3. The minimum Gasteiger partial charge on any atom is -0.493 e. The highest BCUT2D eigenvalue weighted by Crippen LogP contribution is 2.36. The third-order valence-corrected chi connectivity index (χ3v) is 3.50. The van der Waals surface area contributed by atoms with Crippen molar-refractivity contribution < 1.29 is 14.6 Å². The van der Waals surface area contributed by atoms with Crippen molar-refractivity contribution in [2.24, 2.45) is 0 Å². The molecular weight excluding hydrogens is 264 g/mol.